The number of benzene rings is 1. The summed E-state index contributed by atoms with van der Waals surface area (Å²) in [5, 5.41) is 5.36. The van der Waals surface area contributed by atoms with Crippen molar-refractivity contribution in [2.75, 3.05) is 11.4 Å². The number of pyridine rings is 1. The van der Waals surface area contributed by atoms with Crippen LogP contribution < -0.4 is 26.0 Å². The van der Waals surface area contributed by atoms with E-state index in [0.29, 0.717) is 24.2 Å². The standard InChI is InChI=1S/C29H34Cl2F3N5O4/c1-27(2,25(35)41)19-11-22(21(31)12-20(19)30)43-28(3,4)26(42)38-16-9-17-6-7-18(10-16)39(17)23-8-5-15(13-36-23)24(40)37-14-29(32,33)34/h5,8,11-13,16-18H,6-7,9-10,14H2,1-4H3,(H2,35,41)(H,37,40)(H,38,42)/t16-,17+,18-. The molecule has 2 fully saturated rings. The molecule has 3 heterocycles. The molecule has 2 aliphatic rings. The Bertz CT molecular complexity index is 1390. The van der Waals surface area contributed by atoms with Gasteiger partial charge in [0.15, 0.2) is 5.60 Å². The molecule has 14 heteroatoms. The van der Waals surface area contributed by atoms with E-state index in [-0.39, 0.29) is 45.4 Å². The van der Waals surface area contributed by atoms with Crippen molar-refractivity contribution >= 4 is 46.7 Å². The molecule has 0 saturated carbocycles. The number of carbonyl (C=O) groups excluding carboxylic acids is 3. The smallest absolute Gasteiger partial charge is 0.405 e. The van der Waals surface area contributed by atoms with Crippen LogP contribution in [0.15, 0.2) is 30.5 Å². The summed E-state index contributed by atoms with van der Waals surface area (Å²) in [6.45, 7) is 5.08. The monoisotopic (exact) mass is 643 g/mol. The Hall–Kier alpha value is -3.25. The number of amides is 3. The molecule has 2 aliphatic heterocycles. The Morgan fingerprint density at radius 3 is 2.21 bits per heavy atom. The molecule has 234 valence electrons. The summed E-state index contributed by atoms with van der Waals surface area (Å²) in [4.78, 5) is 44.0. The lowest BCUT2D eigenvalue weighted by atomic mass is 9.84. The SMILES string of the molecule is CC(C)(Oc1cc(C(C)(C)C(N)=O)c(Cl)cc1Cl)C(=O)N[C@H]1C[C@H]2CC[C@@H](C1)N2c1ccc(C(=O)NCC(F)(F)F)cn1. The lowest BCUT2D eigenvalue weighted by Gasteiger charge is -2.41. The molecule has 3 amide bonds. The first-order chi connectivity index (χ1) is 19.9. The molecule has 43 heavy (non-hydrogen) atoms. The zero-order valence-electron chi connectivity index (χ0n) is 24.1. The third-order valence-corrected chi connectivity index (χ3v) is 8.62. The Balaban J connectivity index is 1.40. The normalized spacial score (nSPS) is 20.5. The van der Waals surface area contributed by atoms with Crippen molar-refractivity contribution in [1.82, 2.24) is 15.6 Å². The lowest BCUT2D eigenvalue weighted by molar-refractivity contribution is -0.135. The van der Waals surface area contributed by atoms with E-state index in [2.05, 4.69) is 15.2 Å². The molecule has 2 bridgehead atoms. The number of rotatable bonds is 9. The maximum atomic E-state index is 13.4. The number of nitrogens with zero attached hydrogens (tertiary/aromatic N) is 2. The van der Waals surface area contributed by atoms with Gasteiger partial charge in [0, 0.05) is 29.3 Å². The molecular formula is C29H34Cl2F3N5O4. The highest BCUT2D eigenvalue weighted by Crippen LogP contribution is 2.40. The van der Waals surface area contributed by atoms with Crippen LogP contribution in [-0.2, 0) is 15.0 Å². The highest BCUT2D eigenvalue weighted by Gasteiger charge is 2.43. The van der Waals surface area contributed by atoms with Gasteiger partial charge in [0.05, 0.1) is 16.0 Å². The fourth-order valence-electron chi connectivity index (χ4n) is 5.52. The van der Waals surface area contributed by atoms with E-state index in [1.807, 2.05) is 5.32 Å². The van der Waals surface area contributed by atoms with Gasteiger partial charge in [-0.05, 0) is 83.2 Å². The lowest BCUT2D eigenvalue weighted by Crippen LogP contribution is -2.55. The number of nitrogens with one attached hydrogen (secondary N) is 2. The van der Waals surface area contributed by atoms with Gasteiger partial charge >= 0.3 is 6.18 Å². The number of ether oxygens (including phenoxy) is 1. The summed E-state index contributed by atoms with van der Waals surface area (Å²) in [6.07, 6.45) is -0.180. The quantitative estimate of drug-likeness (QED) is 0.356. The van der Waals surface area contributed by atoms with Gasteiger partial charge in [0.25, 0.3) is 11.8 Å². The molecule has 0 spiro atoms. The van der Waals surface area contributed by atoms with Crippen molar-refractivity contribution in [3.8, 4) is 5.75 Å². The highest BCUT2D eigenvalue weighted by molar-refractivity contribution is 6.36. The second kappa shape index (κ2) is 12.0. The van der Waals surface area contributed by atoms with E-state index in [1.54, 1.807) is 33.8 Å². The second-order valence-electron chi connectivity index (χ2n) is 12.0. The number of primary amides is 1. The Morgan fingerprint density at radius 2 is 1.67 bits per heavy atom. The topological polar surface area (TPSA) is 127 Å². The molecular weight excluding hydrogens is 610 g/mol. The molecule has 0 unspecified atom stereocenters. The first kappa shape index (κ1) is 32.7. The number of piperidine rings is 1. The largest absolute Gasteiger partial charge is 0.476 e. The number of fused-ring (bicyclic) bond motifs is 2. The van der Waals surface area contributed by atoms with Gasteiger partial charge in [0.1, 0.15) is 18.1 Å². The molecule has 4 rings (SSSR count). The van der Waals surface area contributed by atoms with Gasteiger partial charge < -0.3 is 26.0 Å². The summed E-state index contributed by atoms with van der Waals surface area (Å²) in [5.74, 6) is -0.969. The van der Waals surface area contributed by atoms with Gasteiger partial charge in [-0.1, -0.05) is 23.2 Å². The van der Waals surface area contributed by atoms with Crippen molar-refractivity contribution in [1.29, 1.82) is 0 Å². The van der Waals surface area contributed by atoms with E-state index in [1.165, 1.54) is 24.4 Å². The first-order valence-electron chi connectivity index (χ1n) is 13.8. The molecule has 3 atom stereocenters. The summed E-state index contributed by atoms with van der Waals surface area (Å²) in [7, 11) is 0. The highest BCUT2D eigenvalue weighted by atomic mass is 35.5. The van der Waals surface area contributed by atoms with E-state index >= 15 is 0 Å². The molecule has 2 saturated heterocycles. The summed E-state index contributed by atoms with van der Waals surface area (Å²) < 4.78 is 43.3. The third-order valence-electron chi connectivity index (χ3n) is 8.02. The number of alkyl halides is 3. The third kappa shape index (κ3) is 7.29. The second-order valence-corrected chi connectivity index (χ2v) is 12.8. The molecule has 0 aliphatic carbocycles. The zero-order chi connectivity index (χ0) is 31.9. The maximum Gasteiger partial charge on any atom is 0.405 e. The average Bonchev–Trinajstić information content (AvgIpc) is 3.18. The fourth-order valence-corrected chi connectivity index (χ4v) is 6.18. The average molecular weight is 645 g/mol. The number of aromatic nitrogens is 1. The molecule has 4 N–H and O–H groups in total. The fraction of sp³-hybridized carbons (Fsp3) is 0.517. The van der Waals surface area contributed by atoms with Crippen LogP contribution in [0.5, 0.6) is 5.75 Å². The predicted octanol–water partition coefficient (Wildman–Crippen LogP) is 4.92. The van der Waals surface area contributed by atoms with Crippen LogP contribution in [0.3, 0.4) is 0 Å². The van der Waals surface area contributed by atoms with Gasteiger partial charge in [-0.2, -0.15) is 13.2 Å². The van der Waals surface area contributed by atoms with Gasteiger partial charge in [0.2, 0.25) is 5.91 Å². The van der Waals surface area contributed by atoms with E-state index in [0.717, 1.165) is 12.8 Å². The Labute approximate surface area is 257 Å². The van der Waals surface area contributed by atoms with Crippen LogP contribution in [0, 0.1) is 0 Å². The van der Waals surface area contributed by atoms with Crippen LogP contribution in [-0.4, -0.2) is 59.2 Å². The van der Waals surface area contributed by atoms with Crippen LogP contribution in [0.4, 0.5) is 19.0 Å². The van der Waals surface area contributed by atoms with Crippen molar-refractivity contribution in [3.63, 3.8) is 0 Å². The maximum absolute atomic E-state index is 13.4. The van der Waals surface area contributed by atoms with E-state index in [4.69, 9.17) is 33.7 Å². The summed E-state index contributed by atoms with van der Waals surface area (Å²) in [5.41, 5.74) is 3.59. The van der Waals surface area contributed by atoms with Crippen LogP contribution in [0.2, 0.25) is 10.0 Å². The molecule has 9 nitrogen and oxygen atoms in total. The van der Waals surface area contributed by atoms with Crippen LogP contribution in [0.25, 0.3) is 0 Å². The minimum absolute atomic E-state index is 0.0378. The van der Waals surface area contributed by atoms with Crippen molar-refractivity contribution in [3.05, 3.63) is 51.6 Å². The number of anilines is 1. The number of hydrogen-bond donors (Lipinski definition) is 3. The molecule has 0 radical (unpaired) electrons. The summed E-state index contributed by atoms with van der Waals surface area (Å²) >= 11 is 12.7. The molecule has 1 aromatic carbocycles. The predicted molar refractivity (Wildman–Crippen MR) is 156 cm³/mol. The number of hydrogen-bond acceptors (Lipinski definition) is 6. The number of nitrogens with two attached hydrogens (primary N) is 1. The van der Waals surface area contributed by atoms with Crippen LogP contribution >= 0.6 is 23.2 Å². The van der Waals surface area contributed by atoms with Crippen molar-refractivity contribution < 1.29 is 32.3 Å². The van der Waals surface area contributed by atoms with Crippen molar-refractivity contribution in [2.24, 2.45) is 5.73 Å². The number of carbonyl (C=O) groups is 3. The summed E-state index contributed by atoms with van der Waals surface area (Å²) in [6, 6.07) is 6.09. The minimum Gasteiger partial charge on any atom is -0.476 e. The minimum atomic E-state index is -4.50. The number of halogens is 5. The van der Waals surface area contributed by atoms with E-state index < -0.39 is 35.6 Å². The first-order valence-corrected chi connectivity index (χ1v) is 14.5. The van der Waals surface area contributed by atoms with Gasteiger partial charge in [-0.15, -0.1) is 0 Å². The van der Waals surface area contributed by atoms with Crippen LogP contribution in [0.1, 0.15) is 69.3 Å². The Morgan fingerprint density at radius 1 is 1.05 bits per heavy atom. The van der Waals surface area contributed by atoms with Crippen molar-refractivity contribution in [2.45, 2.75) is 88.7 Å². The van der Waals surface area contributed by atoms with Gasteiger partial charge in [-0.25, -0.2) is 4.98 Å². The molecule has 2 aromatic rings. The Kier molecular flexibility index (Phi) is 9.14. The van der Waals surface area contributed by atoms with E-state index in [9.17, 15) is 27.6 Å². The van der Waals surface area contributed by atoms with Gasteiger partial charge in [-0.3, -0.25) is 14.4 Å². The molecule has 1 aromatic heterocycles. The zero-order valence-corrected chi connectivity index (χ0v) is 25.7.